The van der Waals surface area contributed by atoms with Crippen LogP contribution in [0.3, 0.4) is 0 Å². The lowest BCUT2D eigenvalue weighted by Crippen LogP contribution is -2.23. The monoisotopic (exact) mass is 478 g/mol. The highest BCUT2D eigenvalue weighted by Gasteiger charge is 2.36. The molecule has 0 radical (unpaired) electrons. The zero-order chi connectivity index (χ0) is 24.4. The van der Waals surface area contributed by atoms with Crippen LogP contribution in [0, 0.1) is 6.92 Å². The Labute approximate surface area is 201 Å². The molecule has 3 heterocycles. The lowest BCUT2D eigenvalue weighted by molar-refractivity contribution is -0.141. The second-order valence-corrected chi connectivity index (χ2v) is 8.64. The molecule has 1 aliphatic heterocycles. The Balaban J connectivity index is 1.54. The van der Waals surface area contributed by atoms with Gasteiger partial charge in [-0.2, -0.15) is 18.3 Å². The largest absolute Gasteiger partial charge is 0.435 e. The zero-order valence-electron chi connectivity index (χ0n) is 19.2. The first-order valence-corrected chi connectivity index (χ1v) is 11.5. The van der Waals surface area contributed by atoms with Gasteiger partial charge in [0.2, 0.25) is 0 Å². The van der Waals surface area contributed by atoms with E-state index in [4.69, 9.17) is 4.74 Å². The van der Waals surface area contributed by atoms with Gasteiger partial charge in [-0.05, 0) is 62.2 Å². The molecule has 1 saturated heterocycles. The number of anilines is 3. The van der Waals surface area contributed by atoms with Crippen LogP contribution in [0.5, 0.6) is 0 Å². The minimum absolute atomic E-state index is 0.260. The van der Waals surface area contributed by atoms with Crippen molar-refractivity contribution in [1.82, 2.24) is 14.8 Å². The Bertz CT molecular complexity index is 1260. The number of alkyl halides is 3. The number of ether oxygens (including phenoxy) is 1. The van der Waals surface area contributed by atoms with Crippen LogP contribution in [-0.2, 0) is 10.9 Å². The van der Waals surface area contributed by atoms with Crippen LogP contribution < -0.4 is 4.90 Å². The number of aryl methyl sites for hydroxylation is 1. The van der Waals surface area contributed by atoms with Gasteiger partial charge in [0, 0.05) is 18.0 Å². The van der Waals surface area contributed by atoms with Crippen molar-refractivity contribution in [3.05, 3.63) is 90.3 Å². The fourth-order valence-corrected chi connectivity index (χ4v) is 4.31. The molecular weight excluding hydrogens is 453 g/mol. The van der Waals surface area contributed by atoms with Crippen LogP contribution >= 0.6 is 0 Å². The predicted octanol–water partition coefficient (Wildman–Crippen LogP) is 7.09. The highest BCUT2D eigenvalue weighted by atomic mass is 19.4. The van der Waals surface area contributed by atoms with Crippen LogP contribution in [-0.4, -0.2) is 28.0 Å². The molecule has 1 fully saturated rings. The fraction of sp³-hybridized carbons (Fsp3) is 0.259. The van der Waals surface area contributed by atoms with Gasteiger partial charge < -0.3 is 9.64 Å². The Kier molecular flexibility index (Phi) is 6.30. The summed E-state index contributed by atoms with van der Waals surface area (Å²) in [5.41, 5.74) is 3.70. The van der Waals surface area contributed by atoms with E-state index in [1.165, 1.54) is 4.68 Å². The Morgan fingerprint density at radius 2 is 1.66 bits per heavy atom. The smallest absolute Gasteiger partial charge is 0.379 e. The second-order valence-electron chi connectivity index (χ2n) is 8.64. The van der Waals surface area contributed by atoms with Gasteiger partial charge in [-0.25, -0.2) is 0 Å². The van der Waals surface area contributed by atoms with Gasteiger partial charge in [-0.1, -0.05) is 35.9 Å². The minimum Gasteiger partial charge on any atom is -0.379 e. The first-order valence-electron chi connectivity index (χ1n) is 11.5. The van der Waals surface area contributed by atoms with Gasteiger partial charge >= 0.3 is 6.18 Å². The molecule has 1 aliphatic rings. The normalized spacial score (nSPS) is 16.3. The lowest BCUT2D eigenvalue weighted by Gasteiger charge is -2.26. The van der Waals surface area contributed by atoms with Crippen LogP contribution in [0.2, 0.25) is 0 Å². The van der Waals surface area contributed by atoms with Gasteiger partial charge in [0.15, 0.2) is 5.69 Å². The molecule has 1 unspecified atom stereocenters. The van der Waals surface area contributed by atoms with E-state index in [0.717, 1.165) is 35.1 Å². The van der Waals surface area contributed by atoms with E-state index in [1.54, 1.807) is 12.3 Å². The topological polar surface area (TPSA) is 43.2 Å². The highest BCUT2D eigenvalue weighted by molar-refractivity contribution is 5.76. The summed E-state index contributed by atoms with van der Waals surface area (Å²) in [7, 11) is 0. The van der Waals surface area contributed by atoms with Gasteiger partial charge in [0.1, 0.15) is 0 Å². The van der Waals surface area contributed by atoms with E-state index in [9.17, 15) is 13.2 Å². The molecule has 1 atom stereocenters. The van der Waals surface area contributed by atoms with Crippen molar-refractivity contribution in [3.8, 4) is 11.4 Å². The van der Waals surface area contributed by atoms with Crippen molar-refractivity contribution >= 4 is 17.1 Å². The summed E-state index contributed by atoms with van der Waals surface area (Å²) >= 11 is 0. The molecule has 2 aromatic carbocycles. The molecule has 2 aromatic heterocycles. The second kappa shape index (κ2) is 9.54. The summed E-state index contributed by atoms with van der Waals surface area (Å²) in [4.78, 5) is 6.64. The summed E-state index contributed by atoms with van der Waals surface area (Å²) in [6, 6.07) is 22.4. The number of pyridine rings is 1. The van der Waals surface area contributed by atoms with Crippen molar-refractivity contribution in [1.29, 1.82) is 0 Å². The van der Waals surface area contributed by atoms with Gasteiger partial charge in [-0.15, -0.1) is 0 Å². The highest BCUT2D eigenvalue weighted by Crippen LogP contribution is 2.37. The molecule has 0 bridgehead atoms. The van der Waals surface area contributed by atoms with Crippen molar-refractivity contribution in [2.45, 2.75) is 32.0 Å². The number of rotatable bonds is 5. The SMILES string of the molecule is Cc1ccc(N(c2ccccc2)c2ccc(-c3cc(C(F)(F)F)nn3C3CCCOC3)nc2)cc1. The number of halogens is 3. The summed E-state index contributed by atoms with van der Waals surface area (Å²) in [6.07, 6.45) is -1.37. The molecule has 35 heavy (non-hydrogen) atoms. The summed E-state index contributed by atoms with van der Waals surface area (Å²) in [6.45, 7) is 2.97. The molecular formula is C27H25F3N4O. The fourth-order valence-electron chi connectivity index (χ4n) is 4.31. The van der Waals surface area contributed by atoms with E-state index < -0.39 is 11.9 Å². The molecule has 5 rings (SSSR count). The summed E-state index contributed by atoms with van der Waals surface area (Å²) in [5.74, 6) is 0. The third-order valence-corrected chi connectivity index (χ3v) is 6.08. The molecule has 0 amide bonds. The van der Waals surface area contributed by atoms with E-state index in [0.29, 0.717) is 31.0 Å². The summed E-state index contributed by atoms with van der Waals surface area (Å²) < 4.78 is 47.5. The van der Waals surface area contributed by atoms with Crippen molar-refractivity contribution in [2.75, 3.05) is 18.1 Å². The first-order chi connectivity index (χ1) is 16.9. The standard InChI is InChI=1S/C27H25F3N4O/c1-19-9-11-21(12-10-19)33(20-6-3-2-4-7-20)22-13-14-24(31-17-22)25-16-26(27(28,29)30)32-34(25)23-8-5-15-35-18-23/h2-4,6-7,9-14,16-17,23H,5,8,15,18H2,1H3. The number of nitrogens with zero attached hydrogens (tertiary/aromatic N) is 4. The van der Waals surface area contributed by atoms with Crippen molar-refractivity contribution in [2.24, 2.45) is 0 Å². The number of benzene rings is 2. The maximum atomic E-state index is 13.5. The Morgan fingerprint density at radius 1 is 0.943 bits per heavy atom. The molecule has 0 N–H and O–H groups in total. The van der Waals surface area contributed by atoms with E-state index in [-0.39, 0.29) is 6.04 Å². The van der Waals surface area contributed by atoms with Gasteiger partial charge in [0.25, 0.3) is 0 Å². The van der Waals surface area contributed by atoms with Crippen LogP contribution in [0.15, 0.2) is 79.0 Å². The number of para-hydroxylation sites is 1. The average Bonchev–Trinajstić information content (AvgIpc) is 3.33. The Hall–Kier alpha value is -3.65. The van der Waals surface area contributed by atoms with E-state index >= 15 is 0 Å². The van der Waals surface area contributed by atoms with Crippen LogP contribution in [0.4, 0.5) is 30.2 Å². The van der Waals surface area contributed by atoms with Gasteiger partial charge in [-0.3, -0.25) is 9.67 Å². The third kappa shape index (κ3) is 4.93. The molecule has 180 valence electrons. The third-order valence-electron chi connectivity index (χ3n) is 6.08. The number of hydrogen-bond donors (Lipinski definition) is 0. The molecule has 5 nitrogen and oxygen atoms in total. The van der Waals surface area contributed by atoms with E-state index in [2.05, 4.69) is 15.0 Å². The zero-order valence-corrected chi connectivity index (χ0v) is 19.2. The molecule has 8 heteroatoms. The quantitative estimate of drug-likeness (QED) is 0.307. The minimum atomic E-state index is -4.54. The molecule has 0 aliphatic carbocycles. The maximum absolute atomic E-state index is 13.5. The van der Waals surface area contributed by atoms with Gasteiger partial charge in [0.05, 0.1) is 35.9 Å². The average molecular weight is 479 g/mol. The Morgan fingerprint density at radius 3 is 2.29 bits per heavy atom. The lowest BCUT2D eigenvalue weighted by atomic mass is 10.1. The van der Waals surface area contributed by atoms with Crippen LogP contribution in [0.1, 0.15) is 30.1 Å². The van der Waals surface area contributed by atoms with Crippen molar-refractivity contribution < 1.29 is 17.9 Å². The maximum Gasteiger partial charge on any atom is 0.435 e. The molecule has 4 aromatic rings. The number of hydrogen-bond acceptors (Lipinski definition) is 4. The molecule has 0 spiro atoms. The van der Waals surface area contributed by atoms with Crippen molar-refractivity contribution in [3.63, 3.8) is 0 Å². The number of aromatic nitrogens is 3. The predicted molar refractivity (Wildman–Crippen MR) is 129 cm³/mol. The van der Waals surface area contributed by atoms with Crippen LogP contribution in [0.25, 0.3) is 11.4 Å². The van der Waals surface area contributed by atoms with E-state index in [1.807, 2.05) is 67.6 Å². The first kappa shape index (κ1) is 23.1. The summed E-state index contributed by atoms with van der Waals surface area (Å²) in [5, 5.41) is 3.90. The molecule has 0 saturated carbocycles.